The van der Waals surface area contributed by atoms with Crippen molar-refractivity contribution in [2.45, 2.75) is 63.7 Å². The molecule has 0 saturated heterocycles. The van der Waals surface area contributed by atoms with Gasteiger partial charge in [0.05, 0.1) is 7.11 Å². The Bertz CT molecular complexity index is 470. The molecule has 1 aromatic heterocycles. The van der Waals surface area contributed by atoms with E-state index in [1.165, 1.54) is 37.4 Å². The van der Waals surface area contributed by atoms with E-state index in [0.717, 1.165) is 19.3 Å². The summed E-state index contributed by atoms with van der Waals surface area (Å²) in [7, 11) is 1.30. The minimum Gasteiger partial charge on any atom is -0.464 e. The second-order valence-electron chi connectivity index (χ2n) is 5.51. The Labute approximate surface area is 137 Å². The number of hydrogen-bond acceptors (Lipinski definition) is 3. The maximum atomic E-state index is 12.2. The number of nitrogens with zero attached hydrogens (tertiary/aromatic N) is 1. The van der Waals surface area contributed by atoms with Crippen molar-refractivity contribution in [2.24, 2.45) is 0 Å². The molecule has 1 rings (SSSR count). The van der Waals surface area contributed by atoms with Gasteiger partial charge in [-0.25, -0.2) is 4.79 Å². The van der Waals surface area contributed by atoms with E-state index in [0.29, 0.717) is 0 Å². The highest BCUT2D eigenvalue weighted by molar-refractivity contribution is 6.21. The van der Waals surface area contributed by atoms with Gasteiger partial charge in [0.25, 0.3) is 0 Å². The van der Waals surface area contributed by atoms with Gasteiger partial charge >= 0.3 is 5.97 Å². The molecule has 0 fully saturated rings. The van der Waals surface area contributed by atoms with Crippen LogP contribution in [0.5, 0.6) is 0 Å². The highest BCUT2D eigenvalue weighted by Gasteiger charge is 2.18. The zero-order chi connectivity index (χ0) is 16.4. The Kier molecular flexibility index (Phi) is 8.90. The number of alkyl halides is 1. The summed E-state index contributed by atoms with van der Waals surface area (Å²) in [5.74, 6) is -0.684. The maximum Gasteiger partial charge on any atom is 0.355 e. The van der Waals surface area contributed by atoms with E-state index in [-0.39, 0.29) is 23.4 Å². The molecule has 1 heterocycles. The largest absolute Gasteiger partial charge is 0.464 e. The zero-order valence-electron chi connectivity index (χ0n) is 13.5. The van der Waals surface area contributed by atoms with Crippen LogP contribution in [0.4, 0.5) is 0 Å². The molecule has 4 nitrogen and oxygen atoms in total. The number of aromatic nitrogens is 1. The molecule has 0 aromatic carbocycles. The molecule has 0 saturated carbocycles. The van der Waals surface area contributed by atoms with Crippen LogP contribution in [0.3, 0.4) is 0 Å². The molecule has 0 aliphatic heterocycles. The second kappa shape index (κ2) is 10.4. The molecule has 0 aliphatic carbocycles. The molecule has 22 heavy (non-hydrogen) atoms. The predicted octanol–water partition coefficient (Wildman–Crippen LogP) is 4.66. The topological polar surface area (TPSA) is 48.3 Å². The predicted molar refractivity (Wildman–Crippen MR) is 88.6 cm³/mol. The zero-order valence-corrected chi connectivity index (χ0v) is 14.3. The minimum atomic E-state index is -0.514. The quantitative estimate of drug-likeness (QED) is 0.356. The Morgan fingerprint density at radius 3 is 2.59 bits per heavy atom. The molecule has 0 N–H and O–H groups in total. The number of carbonyl (C=O) groups is 2. The number of hydrogen-bond donors (Lipinski definition) is 0. The van der Waals surface area contributed by atoms with Gasteiger partial charge in [-0.2, -0.15) is 0 Å². The summed E-state index contributed by atoms with van der Waals surface area (Å²) >= 11 is 6.25. The summed E-state index contributed by atoms with van der Waals surface area (Å²) in [6, 6.07) is 3.22. The lowest BCUT2D eigenvalue weighted by atomic mass is 10.1. The van der Waals surface area contributed by atoms with Crippen LogP contribution in [0.1, 0.15) is 73.6 Å². The smallest absolute Gasteiger partial charge is 0.355 e. The summed E-state index contributed by atoms with van der Waals surface area (Å²) < 4.78 is 5.98. The molecule has 1 unspecified atom stereocenters. The van der Waals surface area contributed by atoms with Gasteiger partial charge in [0.15, 0.2) is 0 Å². The van der Waals surface area contributed by atoms with Crippen LogP contribution in [-0.4, -0.2) is 28.9 Å². The highest BCUT2D eigenvalue weighted by Crippen LogP contribution is 2.16. The van der Waals surface area contributed by atoms with E-state index in [1.54, 1.807) is 18.3 Å². The Morgan fingerprint density at radius 2 is 1.91 bits per heavy atom. The molecule has 0 spiro atoms. The first-order valence-corrected chi connectivity index (χ1v) is 8.46. The number of carbonyl (C=O) groups excluding carboxylic acids is 2. The third kappa shape index (κ3) is 6.22. The summed E-state index contributed by atoms with van der Waals surface area (Å²) in [6.07, 6.45) is 9.86. The van der Waals surface area contributed by atoms with Crippen LogP contribution in [0.15, 0.2) is 18.3 Å². The fraction of sp³-hybridized carbons (Fsp3) is 0.647. The first-order chi connectivity index (χ1) is 10.6. The van der Waals surface area contributed by atoms with Gasteiger partial charge in [0.1, 0.15) is 5.69 Å². The normalized spacial score (nSPS) is 12.1. The lowest BCUT2D eigenvalue weighted by Gasteiger charge is -2.11. The third-order valence-electron chi connectivity index (χ3n) is 3.68. The maximum absolute atomic E-state index is 12.2. The van der Waals surface area contributed by atoms with Crippen LogP contribution in [0.2, 0.25) is 0 Å². The molecule has 0 radical (unpaired) electrons. The number of rotatable bonds is 10. The summed E-state index contributed by atoms with van der Waals surface area (Å²) in [5.41, 5.74) is 0.246. The lowest BCUT2D eigenvalue weighted by molar-refractivity contribution is 0.0580. The van der Waals surface area contributed by atoms with Crippen LogP contribution in [0, 0.1) is 0 Å². The van der Waals surface area contributed by atoms with Gasteiger partial charge in [0, 0.05) is 18.0 Å². The number of ether oxygens (including phenoxy) is 1. The van der Waals surface area contributed by atoms with Gasteiger partial charge in [-0.1, -0.05) is 45.4 Å². The van der Waals surface area contributed by atoms with Crippen molar-refractivity contribution in [3.8, 4) is 0 Å². The molecular formula is C17H26ClNO3. The first kappa shape index (κ1) is 18.8. The van der Waals surface area contributed by atoms with Crippen LogP contribution < -0.4 is 0 Å². The SMILES string of the molecule is CCCCCCCCC(Cl)CC(=O)n1cccc1C(=O)OC. The van der Waals surface area contributed by atoms with Gasteiger partial charge in [-0.05, 0) is 18.6 Å². The van der Waals surface area contributed by atoms with E-state index in [4.69, 9.17) is 11.6 Å². The summed E-state index contributed by atoms with van der Waals surface area (Å²) in [4.78, 5) is 23.8. The summed E-state index contributed by atoms with van der Waals surface area (Å²) in [5, 5.41) is -0.188. The first-order valence-electron chi connectivity index (χ1n) is 8.03. The molecule has 1 aromatic rings. The van der Waals surface area contributed by atoms with E-state index in [9.17, 15) is 9.59 Å². The van der Waals surface area contributed by atoms with Crippen LogP contribution in [-0.2, 0) is 4.74 Å². The standard InChI is InChI=1S/C17H26ClNO3/c1-3-4-5-6-7-8-10-14(18)13-16(20)19-12-9-11-15(19)17(21)22-2/h9,11-12,14H,3-8,10,13H2,1-2H3. The molecule has 0 amide bonds. The summed E-state index contributed by atoms with van der Waals surface area (Å²) in [6.45, 7) is 2.20. The van der Waals surface area contributed by atoms with E-state index < -0.39 is 5.97 Å². The van der Waals surface area contributed by atoms with Gasteiger partial charge in [-0.15, -0.1) is 11.6 Å². The van der Waals surface area contributed by atoms with E-state index >= 15 is 0 Å². The Morgan fingerprint density at radius 1 is 1.23 bits per heavy atom. The van der Waals surface area contributed by atoms with E-state index in [1.807, 2.05) is 0 Å². The average Bonchev–Trinajstić information content (AvgIpc) is 2.99. The van der Waals surface area contributed by atoms with E-state index in [2.05, 4.69) is 11.7 Å². The number of methoxy groups -OCH3 is 1. The van der Waals surface area contributed by atoms with Crippen molar-refractivity contribution in [1.29, 1.82) is 0 Å². The van der Waals surface area contributed by atoms with Crippen molar-refractivity contribution < 1.29 is 14.3 Å². The number of esters is 1. The average molecular weight is 328 g/mol. The van der Waals surface area contributed by atoms with Crippen molar-refractivity contribution >= 4 is 23.5 Å². The molecule has 0 bridgehead atoms. The molecule has 124 valence electrons. The monoisotopic (exact) mass is 327 g/mol. The second-order valence-corrected chi connectivity index (χ2v) is 6.12. The van der Waals surface area contributed by atoms with Gasteiger partial charge in [0.2, 0.25) is 5.91 Å². The number of unbranched alkanes of at least 4 members (excludes halogenated alkanes) is 5. The lowest BCUT2D eigenvalue weighted by Crippen LogP contribution is -2.20. The molecule has 1 atom stereocenters. The van der Waals surface area contributed by atoms with Crippen molar-refractivity contribution in [3.63, 3.8) is 0 Å². The third-order valence-corrected chi connectivity index (χ3v) is 4.05. The number of halogens is 1. The van der Waals surface area contributed by atoms with Gasteiger partial charge < -0.3 is 4.74 Å². The Balaban J connectivity index is 2.35. The van der Waals surface area contributed by atoms with Crippen molar-refractivity contribution in [3.05, 3.63) is 24.0 Å². The fourth-order valence-corrected chi connectivity index (χ4v) is 2.69. The van der Waals surface area contributed by atoms with Crippen molar-refractivity contribution in [2.75, 3.05) is 7.11 Å². The molecule has 5 heteroatoms. The molecule has 0 aliphatic rings. The minimum absolute atomic E-state index is 0.170. The highest BCUT2D eigenvalue weighted by atomic mass is 35.5. The Hall–Kier alpha value is -1.29. The fourth-order valence-electron chi connectivity index (χ4n) is 2.41. The van der Waals surface area contributed by atoms with Crippen LogP contribution >= 0.6 is 11.6 Å². The molecular weight excluding hydrogens is 302 g/mol. The van der Waals surface area contributed by atoms with Crippen LogP contribution in [0.25, 0.3) is 0 Å². The van der Waals surface area contributed by atoms with Crippen molar-refractivity contribution in [1.82, 2.24) is 4.57 Å². The van der Waals surface area contributed by atoms with Gasteiger partial charge in [-0.3, -0.25) is 9.36 Å².